The Kier molecular flexibility index (Phi) is 37.2. The third kappa shape index (κ3) is 23.6. The zero-order valence-electron chi connectivity index (χ0n) is 76.5. The molecule has 8 aromatic rings. The van der Waals surface area contributed by atoms with E-state index in [2.05, 4.69) is 107 Å². The van der Waals surface area contributed by atoms with E-state index < -0.39 is 29.3 Å². The van der Waals surface area contributed by atoms with Crippen LogP contribution in [0.3, 0.4) is 0 Å². The molecule has 4 aromatic carbocycles. The van der Waals surface area contributed by atoms with Crippen molar-refractivity contribution in [2.75, 3.05) is 121 Å². The summed E-state index contributed by atoms with van der Waals surface area (Å²) < 4.78 is 68.4. The molecule has 36 heteroatoms. The van der Waals surface area contributed by atoms with E-state index in [0.717, 1.165) is 119 Å². The first-order chi connectivity index (χ1) is 60.9. The number of nitrogens with zero attached hydrogens (tertiary/aromatic N) is 8. The van der Waals surface area contributed by atoms with E-state index >= 15 is 0 Å². The molecule has 0 spiro atoms. The van der Waals surface area contributed by atoms with Gasteiger partial charge in [-0.3, -0.25) is 47.9 Å². The molecule has 0 aliphatic carbocycles. The number of hydrogen-bond donors (Lipinski definition) is 1. The normalized spacial score (nSPS) is 17.5. The minimum atomic E-state index is -1.23. The number of halogens is 6. The number of pyridine rings is 4. The summed E-state index contributed by atoms with van der Waals surface area (Å²) in [7, 11) is 6.63. The Morgan fingerprint density at radius 2 is 0.669 bits per heavy atom. The van der Waals surface area contributed by atoms with Crippen LogP contribution in [-0.4, -0.2) is 176 Å². The number of aromatic nitrogens is 4. The van der Waals surface area contributed by atoms with Crippen molar-refractivity contribution in [1.29, 1.82) is 0 Å². The summed E-state index contributed by atoms with van der Waals surface area (Å²) in [5, 5.41) is 20.2. The van der Waals surface area contributed by atoms with Crippen molar-refractivity contribution in [3.63, 3.8) is 0 Å². The maximum absolute atomic E-state index is 12.8. The van der Waals surface area contributed by atoms with Gasteiger partial charge >= 0.3 is 42.7 Å². The molecule has 6 aliphatic rings. The quantitative estimate of drug-likeness (QED) is 0.0183. The number of ether oxygens (including phenoxy) is 11. The number of aromatic carboxylic acids is 1. The summed E-state index contributed by atoms with van der Waals surface area (Å²) >= 11 is 33.3. The van der Waals surface area contributed by atoms with Gasteiger partial charge in [-0.25, -0.2) is 19.2 Å². The van der Waals surface area contributed by atoms with Gasteiger partial charge in [-0.2, -0.15) is 0 Å². The van der Waals surface area contributed by atoms with Crippen LogP contribution in [0.25, 0.3) is 22.5 Å². The molecule has 29 nitrogen and oxygen atoms in total. The second-order valence-electron chi connectivity index (χ2n) is 34.2. The van der Waals surface area contributed by atoms with Crippen LogP contribution in [0.5, 0.6) is 23.0 Å². The van der Waals surface area contributed by atoms with Gasteiger partial charge in [0.05, 0.1) is 124 Å². The van der Waals surface area contributed by atoms with Crippen molar-refractivity contribution in [3.8, 4) is 45.5 Å². The van der Waals surface area contributed by atoms with E-state index in [1.54, 1.807) is 80.2 Å². The van der Waals surface area contributed by atoms with E-state index in [0.29, 0.717) is 107 Å². The maximum atomic E-state index is 12.8. The molecule has 0 amide bonds. The van der Waals surface area contributed by atoms with Crippen LogP contribution in [-0.2, 0) is 33.2 Å². The maximum Gasteiger partial charge on any atom is 1.00 e. The van der Waals surface area contributed by atoms with Crippen LogP contribution in [0.4, 0.5) is 0 Å². The number of fused-ring (bicyclic) bond motifs is 12. The third-order valence-electron chi connectivity index (χ3n) is 23.6. The van der Waals surface area contributed by atoms with Crippen LogP contribution < -0.4 is 79.6 Å². The van der Waals surface area contributed by atoms with E-state index in [9.17, 15) is 43.5 Å². The molecule has 130 heavy (non-hydrogen) atoms. The number of rotatable bonds is 31. The molecule has 4 atom stereocenters. The molecule has 4 unspecified atom stereocenters. The van der Waals surface area contributed by atoms with Crippen LogP contribution in [0, 0.1) is 0 Å². The Hall–Kier alpha value is -8.52. The average molecular weight is 2000 g/mol. The number of benzene rings is 4. The van der Waals surface area contributed by atoms with Gasteiger partial charge in [0.25, 0.3) is 0 Å². The van der Waals surface area contributed by atoms with Crippen LogP contribution in [0.1, 0.15) is 241 Å². The van der Waals surface area contributed by atoms with Crippen molar-refractivity contribution < 1.29 is 101 Å². The second-order valence-corrected chi connectivity index (χ2v) is 37.5. The molecule has 2 N–H and O–H groups in total. The van der Waals surface area contributed by atoms with E-state index in [-0.39, 0.29) is 129 Å². The smallest absolute Gasteiger partial charge is 0.870 e. The van der Waals surface area contributed by atoms with E-state index in [1.165, 1.54) is 30.5 Å². The Balaban J connectivity index is 0.000000194. The minimum absolute atomic E-state index is 0. The summed E-state index contributed by atoms with van der Waals surface area (Å²) in [5.74, 6) is -0.614. The predicted molar refractivity (Wildman–Crippen MR) is 504 cm³/mol. The standard InChI is InChI=1S/2C24H30BrClN2O5.C24H29ClN2O5.C22H25ClN2O5.Li.H2O/c2*1-5-32-23(30)17-15-27(10-8-21(17)29)28-20(7-9-24(28,2)3)16-13-22(19(26)14-18(16)25)33-12-6-11-31-4;1-5-31-23(29)17-14-26-20(13-21(17)28)15-11-18(25)22(32-10-6-9-30-4)12-16(15)19-7-8-24(2,3)27(19)26;1-22(2)6-5-17-14-10-20(30-8-4-7-29-3)16(23)9-13(14)18-11-19(26)15(21(27)28)12-24(18)25(17)22;;/h2*8,10,13-15,20H,5-7,9,11-12H2,1-4H3;11-14,19H,5-10H2,1-4H3;9-12,17H,4-8H2,1-3H3,(H,27,28);;1H2/q;;;;+1;/p-1. The van der Waals surface area contributed by atoms with Crippen molar-refractivity contribution in [2.45, 2.75) is 200 Å². The predicted octanol–water partition coefficient (Wildman–Crippen LogP) is 15.2. The molecular formula is C94H115Br2Cl4LiN8O21. The topological polar surface area (TPSA) is 321 Å². The molecule has 4 fully saturated rings. The summed E-state index contributed by atoms with van der Waals surface area (Å²) in [6.45, 7) is 27.4. The Morgan fingerprint density at radius 3 is 0.977 bits per heavy atom. The number of carboxylic acid groups (broad SMARTS) is 1. The number of methoxy groups -OCH3 is 4. The number of esters is 3. The van der Waals surface area contributed by atoms with Crippen molar-refractivity contribution >= 4 is 102 Å². The fourth-order valence-electron chi connectivity index (χ4n) is 17.6. The number of hydrogen-bond acceptors (Lipinski definition) is 24. The Labute approximate surface area is 806 Å². The molecule has 4 saturated heterocycles. The molecule has 700 valence electrons. The Bertz CT molecular complexity index is 5470. The van der Waals surface area contributed by atoms with Gasteiger partial charge < -0.3 is 72.7 Å². The number of carbonyl (C=O) groups excluding carboxylic acids is 3. The summed E-state index contributed by atoms with van der Waals surface area (Å²) in [6.07, 6.45) is 19.9. The Morgan fingerprint density at radius 1 is 0.392 bits per heavy atom. The molecule has 0 bridgehead atoms. The average Bonchev–Trinajstić information content (AvgIpc) is 1.51. The molecule has 6 aliphatic heterocycles. The molecule has 0 radical (unpaired) electrons. The van der Waals surface area contributed by atoms with Crippen molar-refractivity contribution in [2.24, 2.45) is 0 Å². The fourth-order valence-corrected chi connectivity index (χ4v) is 19.9. The molecular weight excluding hydrogens is 1890 g/mol. The second kappa shape index (κ2) is 45.9. The first-order valence-corrected chi connectivity index (χ1v) is 46.0. The van der Waals surface area contributed by atoms with E-state index in [4.69, 9.17) is 98.5 Å². The summed E-state index contributed by atoms with van der Waals surface area (Å²) in [4.78, 5) is 98.6. The van der Waals surface area contributed by atoms with Crippen LogP contribution in [0.2, 0.25) is 20.1 Å². The van der Waals surface area contributed by atoms with Gasteiger partial charge in [-0.15, -0.1) is 0 Å². The number of carboxylic acids is 1. The minimum Gasteiger partial charge on any atom is -0.870 e. The molecule has 0 saturated carbocycles. The third-order valence-corrected chi connectivity index (χ3v) is 26.2. The van der Waals surface area contributed by atoms with Gasteiger partial charge in [-0.1, -0.05) is 78.3 Å². The van der Waals surface area contributed by atoms with Crippen LogP contribution in [0.15, 0.2) is 138 Å². The summed E-state index contributed by atoms with van der Waals surface area (Å²) in [6, 6.07) is 21.0. The van der Waals surface area contributed by atoms with Gasteiger partial charge in [0.1, 0.15) is 45.3 Å². The van der Waals surface area contributed by atoms with Crippen molar-refractivity contribution in [3.05, 3.63) is 224 Å². The van der Waals surface area contributed by atoms with Gasteiger partial charge in [0, 0.05) is 162 Å². The number of carbonyl (C=O) groups is 4. The van der Waals surface area contributed by atoms with E-state index in [1.807, 2.05) is 67.2 Å². The first kappa shape index (κ1) is 105. The largest absolute Gasteiger partial charge is 1.00 e. The first-order valence-electron chi connectivity index (χ1n) is 42.9. The van der Waals surface area contributed by atoms with Gasteiger partial charge in [0.15, 0.2) is 21.7 Å². The molecule has 4 aromatic heterocycles. The SMILES string of the molecule is CCOC(=O)c1cn(N2C(c3cc(OCCCOC)c(Cl)cc3Br)CCC2(C)C)ccc1=O.CCOC(=O)c1cn(N2C(c3cc(OCCCOC)c(Cl)cc3Br)CCC2(C)C)ccc1=O.CCOC(=O)c1cn2c(cc1=O)-c1cc(Cl)c(OCCCOC)cc1C1CCC(C)(C)N12.COCCCOc1cc2c(cc1Cl)-c1cc(=O)c(C(=O)O)cn1N1C2CCC1(C)C.[Li+].[OH-]. The zero-order valence-corrected chi connectivity index (χ0v) is 82.7. The van der Waals surface area contributed by atoms with Gasteiger partial charge in [0.2, 0.25) is 0 Å². The molecule has 14 rings (SSSR count). The zero-order chi connectivity index (χ0) is 93.0. The monoisotopic (exact) mass is 2000 g/mol. The molecule has 10 heterocycles. The van der Waals surface area contributed by atoms with Crippen molar-refractivity contribution in [1.82, 2.24) is 18.7 Å². The van der Waals surface area contributed by atoms with Gasteiger partial charge in [-0.05, 0) is 198 Å². The van der Waals surface area contributed by atoms with Crippen LogP contribution >= 0.6 is 78.3 Å². The summed E-state index contributed by atoms with van der Waals surface area (Å²) in [5.41, 5.74) is 4.55. The fraction of sp³-hybridized carbons (Fsp3) is 0.489.